The average molecular weight is 310 g/mol. The lowest BCUT2D eigenvalue weighted by Gasteiger charge is -2.24. The van der Waals surface area contributed by atoms with Crippen molar-refractivity contribution >= 4 is 35.1 Å². The summed E-state index contributed by atoms with van der Waals surface area (Å²) in [5.74, 6) is 0.781. The van der Waals surface area contributed by atoms with Gasteiger partial charge in [-0.05, 0) is 18.6 Å². The molecule has 20 heavy (non-hydrogen) atoms. The molecule has 1 aliphatic heterocycles. The zero-order valence-electron chi connectivity index (χ0n) is 12.7. The number of nitrogens with zero attached hydrogens (tertiary/aromatic N) is 1. The molecular weight excluding hydrogens is 286 g/mol. The fraction of sp³-hybridized carbons (Fsp3) is 0.562. The van der Waals surface area contributed by atoms with Crippen molar-refractivity contribution in [2.75, 3.05) is 17.2 Å². The predicted octanol–water partition coefficient (Wildman–Crippen LogP) is 4.44. The first-order valence-electron chi connectivity index (χ1n) is 7.07. The minimum atomic E-state index is 0.128. The third-order valence-electron chi connectivity index (χ3n) is 3.17. The largest absolute Gasteiger partial charge is 0.311 e. The van der Waals surface area contributed by atoms with Crippen LogP contribution in [-0.4, -0.2) is 28.2 Å². The molecule has 0 fully saturated rings. The van der Waals surface area contributed by atoms with E-state index in [-0.39, 0.29) is 10.7 Å². The molecule has 0 spiro atoms. The maximum absolute atomic E-state index is 12.6. The van der Waals surface area contributed by atoms with Crippen molar-refractivity contribution < 1.29 is 4.79 Å². The molecule has 2 rings (SSSR count). The van der Waals surface area contributed by atoms with Gasteiger partial charge in [-0.15, -0.1) is 23.5 Å². The van der Waals surface area contributed by atoms with Gasteiger partial charge in [0.1, 0.15) is 0 Å². The number of hydrogen-bond acceptors (Lipinski definition) is 3. The first-order chi connectivity index (χ1) is 9.37. The number of thioether (sulfide) groups is 2. The molecule has 4 heteroatoms. The number of anilines is 1. The highest BCUT2D eigenvalue weighted by molar-refractivity contribution is 8.01. The minimum Gasteiger partial charge on any atom is -0.311 e. The highest BCUT2D eigenvalue weighted by atomic mass is 32.2. The Bertz CT molecular complexity index is 482. The number of carbonyl (C=O) groups excluding carboxylic acids is 1. The van der Waals surface area contributed by atoms with E-state index in [0.717, 1.165) is 18.7 Å². The van der Waals surface area contributed by atoms with Crippen molar-refractivity contribution in [1.82, 2.24) is 0 Å². The number of fused-ring (bicyclic) bond motifs is 1. The van der Waals surface area contributed by atoms with Crippen molar-refractivity contribution in [1.29, 1.82) is 0 Å². The van der Waals surface area contributed by atoms with Crippen molar-refractivity contribution in [3.05, 3.63) is 24.3 Å². The number of hydrogen-bond donors (Lipinski definition) is 0. The van der Waals surface area contributed by atoms with Gasteiger partial charge < -0.3 is 4.90 Å². The monoisotopic (exact) mass is 309 g/mol. The van der Waals surface area contributed by atoms with Gasteiger partial charge in [-0.25, -0.2) is 0 Å². The quantitative estimate of drug-likeness (QED) is 0.806. The molecule has 0 aliphatic carbocycles. The van der Waals surface area contributed by atoms with Gasteiger partial charge in [-0.1, -0.05) is 39.8 Å². The summed E-state index contributed by atoms with van der Waals surface area (Å²) in [4.78, 5) is 15.8. The molecule has 1 unspecified atom stereocenters. The Balaban J connectivity index is 2.17. The van der Waals surface area contributed by atoms with Crippen LogP contribution < -0.4 is 4.90 Å². The van der Waals surface area contributed by atoms with Gasteiger partial charge in [0.05, 0.1) is 11.4 Å². The standard InChI is InChI=1S/C16H23NOS2/c1-12-9-10-17(15(18)11-19-16(2,3)4)13-7-5-6-8-14(13)20-12/h5-8,12H,9-11H2,1-4H3. The summed E-state index contributed by atoms with van der Waals surface area (Å²) in [6.45, 7) is 9.52. The van der Waals surface area contributed by atoms with Crippen molar-refractivity contribution in [3.63, 3.8) is 0 Å². The van der Waals surface area contributed by atoms with Crippen LogP contribution in [0.1, 0.15) is 34.1 Å². The molecule has 0 radical (unpaired) electrons. The minimum absolute atomic E-state index is 0.128. The molecule has 0 aromatic heterocycles. The Morgan fingerprint density at radius 2 is 2.10 bits per heavy atom. The Kier molecular flexibility index (Phi) is 5.08. The van der Waals surface area contributed by atoms with E-state index in [2.05, 4.69) is 45.9 Å². The molecule has 0 bridgehead atoms. The van der Waals surface area contributed by atoms with E-state index in [1.165, 1.54) is 4.90 Å². The summed E-state index contributed by atoms with van der Waals surface area (Å²) in [6.07, 6.45) is 1.05. The topological polar surface area (TPSA) is 20.3 Å². The number of carbonyl (C=O) groups is 1. The van der Waals surface area contributed by atoms with Crippen LogP contribution in [0.5, 0.6) is 0 Å². The Labute approximate surface area is 130 Å². The molecule has 1 amide bonds. The Hall–Kier alpha value is -0.610. The fourth-order valence-corrected chi connectivity index (χ4v) is 3.93. The number of amides is 1. The maximum Gasteiger partial charge on any atom is 0.237 e. The molecule has 1 heterocycles. The SMILES string of the molecule is CC1CCN(C(=O)CSC(C)(C)C)c2ccccc2S1. The smallest absolute Gasteiger partial charge is 0.237 e. The van der Waals surface area contributed by atoms with Gasteiger partial charge in [0.25, 0.3) is 0 Å². The molecule has 1 aromatic rings. The number of benzene rings is 1. The highest BCUT2D eigenvalue weighted by Gasteiger charge is 2.25. The lowest BCUT2D eigenvalue weighted by molar-refractivity contribution is -0.116. The molecule has 1 aromatic carbocycles. The first-order valence-corrected chi connectivity index (χ1v) is 8.93. The van der Waals surface area contributed by atoms with Gasteiger partial charge in [0, 0.05) is 21.4 Å². The summed E-state index contributed by atoms with van der Waals surface area (Å²) >= 11 is 3.60. The van der Waals surface area contributed by atoms with E-state index < -0.39 is 0 Å². The summed E-state index contributed by atoms with van der Waals surface area (Å²) < 4.78 is 0.128. The molecule has 2 nitrogen and oxygen atoms in total. The van der Waals surface area contributed by atoms with Gasteiger partial charge in [0.15, 0.2) is 0 Å². The highest BCUT2D eigenvalue weighted by Crippen LogP contribution is 2.37. The summed E-state index contributed by atoms with van der Waals surface area (Å²) in [6, 6.07) is 8.27. The van der Waals surface area contributed by atoms with Crippen LogP contribution in [-0.2, 0) is 4.79 Å². The summed E-state index contributed by atoms with van der Waals surface area (Å²) in [5.41, 5.74) is 1.08. The predicted molar refractivity (Wildman–Crippen MR) is 90.9 cm³/mol. The van der Waals surface area contributed by atoms with E-state index in [4.69, 9.17) is 0 Å². The van der Waals surface area contributed by atoms with Gasteiger partial charge in [-0.2, -0.15) is 0 Å². The second-order valence-electron chi connectivity index (χ2n) is 6.13. The maximum atomic E-state index is 12.6. The molecular formula is C16H23NOS2. The van der Waals surface area contributed by atoms with E-state index in [0.29, 0.717) is 11.0 Å². The number of para-hydroxylation sites is 1. The molecule has 110 valence electrons. The van der Waals surface area contributed by atoms with E-state index in [1.54, 1.807) is 11.8 Å². The van der Waals surface area contributed by atoms with E-state index in [9.17, 15) is 4.79 Å². The second kappa shape index (κ2) is 6.44. The van der Waals surface area contributed by atoms with Crippen LogP contribution in [0.15, 0.2) is 29.2 Å². The van der Waals surface area contributed by atoms with Gasteiger partial charge in [0.2, 0.25) is 5.91 Å². The van der Waals surface area contributed by atoms with Crippen LogP contribution in [0, 0.1) is 0 Å². The molecule has 1 atom stereocenters. The Morgan fingerprint density at radius 3 is 2.80 bits per heavy atom. The third-order valence-corrected chi connectivity index (χ3v) is 5.67. The average Bonchev–Trinajstić information content (AvgIpc) is 2.53. The van der Waals surface area contributed by atoms with Gasteiger partial charge >= 0.3 is 0 Å². The van der Waals surface area contributed by atoms with Crippen molar-refractivity contribution in [2.45, 2.75) is 49.0 Å². The fourth-order valence-electron chi connectivity index (χ4n) is 2.10. The number of rotatable bonds is 2. The summed E-state index contributed by atoms with van der Waals surface area (Å²) in [5, 5.41) is 0.559. The van der Waals surface area contributed by atoms with E-state index >= 15 is 0 Å². The van der Waals surface area contributed by atoms with Crippen LogP contribution in [0.2, 0.25) is 0 Å². The molecule has 1 aliphatic rings. The van der Waals surface area contributed by atoms with Crippen LogP contribution >= 0.6 is 23.5 Å². The molecule has 0 N–H and O–H groups in total. The second-order valence-corrected chi connectivity index (χ2v) is 9.41. The molecule has 0 saturated carbocycles. The lowest BCUT2D eigenvalue weighted by atomic mass is 10.2. The normalized spacial score (nSPS) is 19.4. The van der Waals surface area contributed by atoms with Crippen LogP contribution in [0.25, 0.3) is 0 Å². The van der Waals surface area contributed by atoms with Crippen molar-refractivity contribution in [2.24, 2.45) is 0 Å². The first kappa shape index (κ1) is 15.8. The van der Waals surface area contributed by atoms with Crippen LogP contribution in [0.4, 0.5) is 5.69 Å². The Morgan fingerprint density at radius 1 is 1.40 bits per heavy atom. The third kappa shape index (κ3) is 4.19. The lowest BCUT2D eigenvalue weighted by Crippen LogP contribution is -2.34. The summed E-state index contributed by atoms with van der Waals surface area (Å²) in [7, 11) is 0. The van der Waals surface area contributed by atoms with Crippen LogP contribution in [0.3, 0.4) is 0 Å². The van der Waals surface area contributed by atoms with Gasteiger partial charge in [-0.3, -0.25) is 4.79 Å². The van der Waals surface area contributed by atoms with Crippen molar-refractivity contribution in [3.8, 4) is 0 Å². The molecule has 0 saturated heterocycles. The van der Waals surface area contributed by atoms with E-state index in [1.807, 2.05) is 22.7 Å². The zero-order chi connectivity index (χ0) is 14.8. The zero-order valence-corrected chi connectivity index (χ0v) is 14.3.